The van der Waals surface area contributed by atoms with Crippen molar-refractivity contribution in [2.45, 2.75) is 0 Å². The minimum Gasteiger partial charge on any atom is -0.497 e. The molecule has 0 atom stereocenters. The Hall–Kier alpha value is -1.00. The first-order valence-corrected chi connectivity index (χ1v) is 4.76. The lowest BCUT2D eigenvalue weighted by Crippen LogP contribution is -1.96. The Morgan fingerprint density at radius 2 is 2.31 bits per heavy atom. The van der Waals surface area contributed by atoms with E-state index >= 15 is 0 Å². The molecule has 0 aliphatic rings. The Balaban J connectivity index is 2.88. The number of hydrogen-bond acceptors (Lipinski definition) is 3. The van der Waals surface area contributed by atoms with Gasteiger partial charge in [-0.2, -0.15) is 0 Å². The van der Waals surface area contributed by atoms with Crippen LogP contribution < -0.4 is 10.3 Å². The standard InChI is InChI=1S/C8H6ClNO2S/c1-12-4-2-5-7(6(9)3-4)13-10-8(5)11/h2-3H,1H3,(H,10,11). The van der Waals surface area contributed by atoms with Crippen molar-refractivity contribution < 1.29 is 4.74 Å². The fourth-order valence-electron chi connectivity index (χ4n) is 1.11. The van der Waals surface area contributed by atoms with Crippen LogP contribution in [0.2, 0.25) is 5.02 Å². The van der Waals surface area contributed by atoms with Gasteiger partial charge in [-0.1, -0.05) is 23.1 Å². The van der Waals surface area contributed by atoms with Crippen LogP contribution in [-0.2, 0) is 0 Å². The Morgan fingerprint density at radius 1 is 1.54 bits per heavy atom. The molecule has 1 heterocycles. The summed E-state index contributed by atoms with van der Waals surface area (Å²) in [6.07, 6.45) is 0. The van der Waals surface area contributed by atoms with E-state index in [0.717, 1.165) is 4.70 Å². The zero-order valence-electron chi connectivity index (χ0n) is 6.76. The van der Waals surface area contributed by atoms with Gasteiger partial charge >= 0.3 is 0 Å². The second kappa shape index (κ2) is 3.05. The normalized spacial score (nSPS) is 10.6. The predicted octanol–water partition coefficient (Wildman–Crippen LogP) is 2.25. The first kappa shape index (κ1) is 8.59. The minimum absolute atomic E-state index is 0.124. The van der Waals surface area contributed by atoms with E-state index < -0.39 is 0 Å². The van der Waals surface area contributed by atoms with Gasteiger partial charge in [0, 0.05) is 6.07 Å². The molecule has 3 nitrogen and oxygen atoms in total. The van der Waals surface area contributed by atoms with E-state index in [-0.39, 0.29) is 5.56 Å². The highest BCUT2D eigenvalue weighted by molar-refractivity contribution is 7.14. The number of methoxy groups -OCH3 is 1. The molecule has 13 heavy (non-hydrogen) atoms. The number of ether oxygens (including phenoxy) is 1. The van der Waals surface area contributed by atoms with Gasteiger partial charge in [-0.15, -0.1) is 0 Å². The Labute approximate surface area is 83.1 Å². The smallest absolute Gasteiger partial charge is 0.266 e. The number of benzene rings is 1. The monoisotopic (exact) mass is 215 g/mol. The van der Waals surface area contributed by atoms with E-state index in [1.807, 2.05) is 0 Å². The summed E-state index contributed by atoms with van der Waals surface area (Å²) in [5.41, 5.74) is -0.124. The Morgan fingerprint density at radius 3 is 3.00 bits per heavy atom. The van der Waals surface area contributed by atoms with Crippen LogP contribution in [-0.4, -0.2) is 11.5 Å². The molecule has 0 aliphatic carbocycles. The zero-order chi connectivity index (χ0) is 9.42. The molecule has 68 valence electrons. The average molecular weight is 216 g/mol. The van der Waals surface area contributed by atoms with Crippen LogP contribution in [0.4, 0.5) is 0 Å². The highest BCUT2D eigenvalue weighted by Crippen LogP contribution is 2.29. The summed E-state index contributed by atoms with van der Waals surface area (Å²) in [6.45, 7) is 0. The third-order valence-electron chi connectivity index (χ3n) is 1.74. The van der Waals surface area contributed by atoms with Crippen molar-refractivity contribution >= 4 is 33.2 Å². The van der Waals surface area contributed by atoms with E-state index in [9.17, 15) is 4.79 Å². The summed E-state index contributed by atoms with van der Waals surface area (Å²) in [4.78, 5) is 11.2. The van der Waals surface area contributed by atoms with Crippen molar-refractivity contribution in [1.29, 1.82) is 0 Å². The van der Waals surface area contributed by atoms with Crippen LogP contribution in [0.5, 0.6) is 5.75 Å². The molecule has 0 unspecified atom stereocenters. The summed E-state index contributed by atoms with van der Waals surface area (Å²) in [6, 6.07) is 3.37. The van der Waals surface area contributed by atoms with E-state index in [1.165, 1.54) is 18.6 Å². The van der Waals surface area contributed by atoms with Crippen LogP contribution in [0, 0.1) is 0 Å². The van der Waals surface area contributed by atoms with Crippen LogP contribution in [0.15, 0.2) is 16.9 Å². The van der Waals surface area contributed by atoms with Gasteiger partial charge < -0.3 is 4.74 Å². The third kappa shape index (κ3) is 1.32. The number of rotatable bonds is 1. The molecule has 5 heteroatoms. The van der Waals surface area contributed by atoms with Crippen molar-refractivity contribution in [3.8, 4) is 5.75 Å². The number of aromatic amines is 1. The Bertz CT molecular complexity index is 502. The molecule has 1 aromatic carbocycles. The number of aromatic nitrogens is 1. The topological polar surface area (TPSA) is 42.1 Å². The second-order valence-electron chi connectivity index (χ2n) is 2.52. The van der Waals surface area contributed by atoms with Gasteiger partial charge in [0.05, 0.1) is 22.2 Å². The van der Waals surface area contributed by atoms with Gasteiger partial charge in [0.15, 0.2) is 0 Å². The molecule has 0 aliphatic heterocycles. The van der Waals surface area contributed by atoms with Gasteiger partial charge in [0.25, 0.3) is 5.56 Å². The van der Waals surface area contributed by atoms with Crippen LogP contribution in [0.3, 0.4) is 0 Å². The number of nitrogens with one attached hydrogen (secondary N) is 1. The predicted molar refractivity (Wildman–Crippen MR) is 54.0 cm³/mol. The van der Waals surface area contributed by atoms with E-state index in [0.29, 0.717) is 16.2 Å². The average Bonchev–Trinajstić information content (AvgIpc) is 2.48. The fourth-order valence-corrected chi connectivity index (χ4v) is 2.16. The number of fused-ring (bicyclic) bond motifs is 1. The van der Waals surface area contributed by atoms with Crippen LogP contribution >= 0.6 is 23.1 Å². The maximum atomic E-state index is 11.2. The molecule has 2 aromatic rings. The highest BCUT2D eigenvalue weighted by Gasteiger charge is 2.07. The van der Waals surface area contributed by atoms with Gasteiger partial charge in [-0.3, -0.25) is 9.17 Å². The molecular formula is C8H6ClNO2S. The summed E-state index contributed by atoms with van der Waals surface area (Å²) in [5, 5.41) is 1.12. The molecule has 0 fully saturated rings. The minimum atomic E-state index is -0.124. The lowest BCUT2D eigenvalue weighted by molar-refractivity contribution is 0.415. The summed E-state index contributed by atoms with van der Waals surface area (Å²) >= 11 is 7.16. The number of halogens is 1. The lowest BCUT2D eigenvalue weighted by atomic mass is 10.2. The summed E-state index contributed by atoms with van der Waals surface area (Å²) in [5.74, 6) is 0.599. The maximum Gasteiger partial charge on any atom is 0.266 e. The molecule has 0 radical (unpaired) electrons. The highest BCUT2D eigenvalue weighted by atomic mass is 35.5. The van der Waals surface area contributed by atoms with Gasteiger partial charge in [-0.05, 0) is 6.07 Å². The van der Waals surface area contributed by atoms with Crippen LogP contribution in [0.1, 0.15) is 0 Å². The number of hydrogen-bond donors (Lipinski definition) is 1. The quantitative estimate of drug-likeness (QED) is 0.793. The molecule has 0 saturated carbocycles. The molecule has 0 saturated heterocycles. The van der Waals surface area contributed by atoms with Gasteiger partial charge in [-0.25, -0.2) is 0 Å². The van der Waals surface area contributed by atoms with Gasteiger partial charge in [0.2, 0.25) is 0 Å². The van der Waals surface area contributed by atoms with Crippen LogP contribution in [0.25, 0.3) is 10.1 Å². The first-order chi connectivity index (χ1) is 6.22. The molecule has 1 aromatic heterocycles. The van der Waals surface area contributed by atoms with Crippen molar-refractivity contribution in [3.63, 3.8) is 0 Å². The van der Waals surface area contributed by atoms with E-state index in [2.05, 4.69) is 4.37 Å². The molecule has 0 amide bonds. The van der Waals surface area contributed by atoms with Crippen molar-refractivity contribution in [1.82, 2.24) is 4.37 Å². The second-order valence-corrected chi connectivity index (χ2v) is 3.74. The molecule has 1 N–H and O–H groups in total. The Kier molecular flexibility index (Phi) is 2.01. The SMILES string of the molecule is COc1cc(Cl)c2s[nH]c(=O)c2c1. The zero-order valence-corrected chi connectivity index (χ0v) is 8.33. The lowest BCUT2D eigenvalue weighted by Gasteiger charge is -1.99. The molecule has 0 bridgehead atoms. The molecular weight excluding hydrogens is 210 g/mol. The largest absolute Gasteiger partial charge is 0.497 e. The van der Waals surface area contributed by atoms with E-state index in [1.54, 1.807) is 12.1 Å². The van der Waals surface area contributed by atoms with Gasteiger partial charge in [0.1, 0.15) is 5.75 Å². The maximum absolute atomic E-state index is 11.2. The molecule has 0 spiro atoms. The number of H-pyrrole nitrogens is 1. The summed E-state index contributed by atoms with van der Waals surface area (Å²) < 4.78 is 8.38. The third-order valence-corrected chi connectivity index (χ3v) is 3.08. The van der Waals surface area contributed by atoms with E-state index in [4.69, 9.17) is 16.3 Å². The van der Waals surface area contributed by atoms with Crippen molar-refractivity contribution in [2.24, 2.45) is 0 Å². The van der Waals surface area contributed by atoms with Crippen molar-refractivity contribution in [2.75, 3.05) is 7.11 Å². The molecule has 2 rings (SSSR count). The summed E-state index contributed by atoms with van der Waals surface area (Å²) in [7, 11) is 1.54. The first-order valence-electron chi connectivity index (χ1n) is 3.57. The fraction of sp³-hybridized carbons (Fsp3) is 0.125. The van der Waals surface area contributed by atoms with Crippen molar-refractivity contribution in [3.05, 3.63) is 27.5 Å².